The van der Waals surface area contributed by atoms with E-state index in [1.54, 1.807) is 6.07 Å². The molecule has 94 valence electrons. The second-order valence-electron chi connectivity index (χ2n) is 3.59. The number of halogens is 4. The Morgan fingerprint density at radius 1 is 1.22 bits per heavy atom. The van der Waals surface area contributed by atoms with E-state index in [0.29, 0.717) is 27.4 Å². The molecular weight excluding hydrogens is 325 g/mol. The fraction of sp³-hybridized carbons (Fsp3) is 0.0833. The highest BCUT2D eigenvalue weighted by Gasteiger charge is 2.05. The summed E-state index contributed by atoms with van der Waals surface area (Å²) in [6.45, 7) is 0.338. The Kier molecular flexibility index (Phi) is 4.14. The normalized spacial score (nSPS) is 10.4. The zero-order valence-corrected chi connectivity index (χ0v) is 11.4. The van der Waals surface area contributed by atoms with Gasteiger partial charge in [0, 0.05) is 12.7 Å². The SMILES string of the molecule is Fc1ccc(CNc2ncc(Cl)cc2Br)cc1F. The monoisotopic (exact) mass is 332 g/mol. The maximum Gasteiger partial charge on any atom is 0.159 e. The summed E-state index contributed by atoms with van der Waals surface area (Å²) in [5, 5.41) is 3.51. The van der Waals surface area contributed by atoms with Crippen molar-refractivity contribution < 1.29 is 8.78 Å². The van der Waals surface area contributed by atoms with Crippen molar-refractivity contribution >= 4 is 33.3 Å². The first kappa shape index (κ1) is 13.2. The number of pyridine rings is 1. The van der Waals surface area contributed by atoms with Crippen molar-refractivity contribution in [2.75, 3.05) is 5.32 Å². The van der Waals surface area contributed by atoms with E-state index >= 15 is 0 Å². The van der Waals surface area contributed by atoms with E-state index in [0.717, 1.165) is 12.1 Å². The maximum atomic E-state index is 13.0. The molecule has 0 spiro atoms. The van der Waals surface area contributed by atoms with Gasteiger partial charge in [-0.1, -0.05) is 17.7 Å². The number of hydrogen-bond donors (Lipinski definition) is 1. The van der Waals surface area contributed by atoms with Crippen LogP contribution in [0.2, 0.25) is 5.02 Å². The van der Waals surface area contributed by atoms with Crippen LogP contribution in [0.25, 0.3) is 0 Å². The topological polar surface area (TPSA) is 24.9 Å². The van der Waals surface area contributed by atoms with E-state index in [1.165, 1.54) is 12.3 Å². The summed E-state index contributed by atoms with van der Waals surface area (Å²) >= 11 is 9.06. The van der Waals surface area contributed by atoms with Gasteiger partial charge in [0.25, 0.3) is 0 Å². The Morgan fingerprint density at radius 2 is 2.00 bits per heavy atom. The van der Waals surface area contributed by atoms with Crippen LogP contribution in [0.15, 0.2) is 34.9 Å². The molecule has 0 aliphatic carbocycles. The van der Waals surface area contributed by atoms with Crippen LogP contribution < -0.4 is 5.32 Å². The molecule has 1 aromatic heterocycles. The minimum atomic E-state index is -0.863. The standard InChI is InChI=1S/C12H8BrClF2N2/c13-9-4-8(14)6-18-12(9)17-5-7-1-2-10(15)11(16)3-7/h1-4,6H,5H2,(H,17,18). The fourth-order valence-corrected chi connectivity index (χ4v) is 2.16. The summed E-state index contributed by atoms with van der Waals surface area (Å²) < 4.78 is 26.4. The van der Waals surface area contributed by atoms with Crippen molar-refractivity contribution in [3.63, 3.8) is 0 Å². The van der Waals surface area contributed by atoms with E-state index in [-0.39, 0.29) is 0 Å². The number of benzene rings is 1. The van der Waals surface area contributed by atoms with Crippen LogP contribution in [0.5, 0.6) is 0 Å². The second-order valence-corrected chi connectivity index (χ2v) is 4.88. The zero-order valence-electron chi connectivity index (χ0n) is 9.05. The summed E-state index contributed by atoms with van der Waals surface area (Å²) in [6.07, 6.45) is 1.50. The van der Waals surface area contributed by atoms with Gasteiger partial charge in [-0.25, -0.2) is 13.8 Å². The van der Waals surface area contributed by atoms with Crippen molar-refractivity contribution in [2.24, 2.45) is 0 Å². The van der Waals surface area contributed by atoms with Gasteiger partial charge in [0.05, 0.1) is 9.50 Å². The highest BCUT2D eigenvalue weighted by Crippen LogP contribution is 2.23. The largest absolute Gasteiger partial charge is 0.365 e. The van der Waals surface area contributed by atoms with Crippen LogP contribution >= 0.6 is 27.5 Å². The van der Waals surface area contributed by atoms with Crippen molar-refractivity contribution in [3.8, 4) is 0 Å². The number of rotatable bonds is 3. The lowest BCUT2D eigenvalue weighted by atomic mass is 10.2. The summed E-state index contributed by atoms with van der Waals surface area (Å²) in [4.78, 5) is 4.08. The minimum Gasteiger partial charge on any atom is -0.365 e. The Labute approximate surface area is 116 Å². The van der Waals surface area contributed by atoms with E-state index in [9.17, 15) is 8.78 Å². The van der Waals surface area contributed by atoms with Crippen LogP contribution in [0.3, 0.4) is 0 Å². The predicted octanol–water partition coefficient (Wildman–Crippen LogP) is 4.39. The van der Waals surface area contributed by atoms with Gasteiger partial charge >= 0.3 is 0 Å². The third kappa shape index (κ3) is 3.17. The van der Waals surface area contributed by atoms with E-state index in [4.69, 9.17) is 11.6 Å². The van der Waals surface area contributed by atoms with Gasteiger partial charge in [0.15, 0.2) is 11.6 Å². The molecule has 6 heteroatoms. The van der Waals surface area contributed by atoms with Crippen molar-refractivity contribution in [2.45, 2.75) is 6.54 Å². The molecule has 0 unspecified atom stereocenters. The van der Waals surface area contributed by atoms with Crippen LogP contribution in [-0.2, 0) is 6.54 Å². The van der Waals surface area contributed by atoms with Crippen LogP contribution in [0.4, 0.5) is 14.6 Å². The predicted molar refractivity (Wildman–Crippen MR) is 70.6 cm³/mol. The first-order valence-corrected chi connectivity index (χ1v) is 6.22. The summed E-state index contributed by atoms with van der Waals surface area (Å²) in [6, 6.07) is 5.44. The number of aromatic nitrogens is 1. The molecule has 0 aliphatic heterocycles. The second kappa shape index (κ2) is 5.63. The van der Waals surface area contributed by atoms with Gasteiger partial charge in [-0.2, -0.15) is 0 Å². The first-order valence-electron chi connectivity index (χ1n) is 5.05. The average Bonchev–Trinajstić information content (AvgIpc) is 2.32. The number of nitrogens with one attached hydrogen (secondary N) is 1. The molecule has 2 nitrogen and oxygen atoms in total. The Bertz CT molecular complexity index is 578. The molecule has 18 heavy (non-hydrogen) atoms. The lowest BCUT2D eigenvalue weighted by Gasteiger charge is -2.08. The molecule has 0 bridgehead atoms. The molecule has 1 heterocycles. The molecule has 0 saturated heterocycles. The molecular formula is C12H8BrClF2N2. The molecule has 0 fully saturated rings. The summed E-state index contributed by atoms with van der Waals surface area (Å²) in [5.41, 5.74) is 0.623. The first-order chi connectivity index (χ1) is 8.56. The van der Waals surface area contributed by atoms with Gasteiger partial charge < -0.3 is 5.32 Å². The van der Waals surface area contributed by atoms with Gasteiger partial charge in [-0.3, -0.25) is 0 Å². The van der Waals surface area contributed by atoms with Gasteiger partial charge in [0.1, 0.15) is 5.82 Å². The van der Waals surface area contributed by atoms with Crippen molar-refractivity contribution in [1.29, 1.82) is 0 Å². The van der Waals surface area contributed by atoms with Crippen LogP contribution in [0, 0.1) is 11.6 Å². The third-order valence-electron chi connectivity index (χ3n) is 2.25. The van der Waals surface area contributed by atoms with Crippen molar-refractivity contribution in [1.82, 2.24) is 4.98 Å². The lowest BCUT2D eigenvalue weighted by Crippen LogP contribution is -2.02. The fourth-order valence-electron chi connectivity index (χ4n) is 1.38. The Hall–Kier alpha value is -1.20. The highest BCUT2D eigenvalue weighted by atomic mass is 79.9. The molecule has 2 aromatic rings. The van der Waals surface area contributed by atoms with Gasteiger partial charge in [-0.15, -0.1) is 0 Å². The number of hydrogen-bond acceptors (Lipinski definition) is 2. The van der Waals surface area contributed by atoms with Crippen molar-refractivity contribution in [3.05, 3.63) is 57.2 Å². The molecule has 1 aromatic carbocycles. The number of anilines is 1. The van der Waals surface area contributed by atoms with E-state index < -0.39 is 11.6 Å². The lowest BCUT2D eigenvalue weighted by molar-refractivity contribution is 0.507. The zero-order chi connectivity index (χ0) is 13.1. The summed E-state index contributed by atoms with van der Waals surface area (Å²) in [7, 11) is 0. The maximum absolute atomic E-state index is 13.0. The smallest absolute Gasteiger partial charge is 0.159 e. The Morgan fingerprint density at radius 3 is 2.67 bits per heavy atom. The molecule has 0 atom stereocenters. The highest BCUT2D eigenvalue weighted by molar-refractivity contribution is 9.10. The van der Waals surface area contributed by atoms with Crippen LogP contribution in [-0.4, -0.2) is 4.98 Å². The summed E-state index contributed by atoms with van der Waals surface area (Å²) in [5.74, 6) is -1.13. The molecule has 0 amide bonds. The van der Waals surface area contributed by atoms with Gasteiger partial charge in [-0.05, 0) is 39.7 Å². The minimum absolute atomic E-state index is 0.338. The molecule has 1 N–H and O–H groups in total. The quantitative estimate of drug-likeness (QED) is 0.901. The third-order valence-corrected chi connectivity index (χ3v) is 3.06. The molecule has 2 rings (SSSR count). The van der Waals surface area contributed by atoms with E-state index in [2.05, 4.69) is 26.2 Å². The van der Waals surface area contributed by atoms with E-state index in [1.807, 2.05) is 0 Å². The Balaban J connectivity index is 2.09. The molecule has 0 radical (unpaired) electrons. The molecule has 0 aliphatic rings. The van der Waals surface area contributed by atoms with Crippen LogP contribution in [0.1, 0.15) is 5.56 Å². The average molecular weight is 334 g/mol. The molecule has 0 saturated carbocycles. The van der Waals surface area contributed by atoms with Gasteiger partial charge in [0.2, 0.25) is 0 Å². The number of nitrogens with zero attached hydrogens (tertiary/aromatic N) is 1.